The molecule has 1 aliphatic rings. The van der Waals surface area contributed by atoms with Gasteiger partial charge in [-0.05, 0) is 18.8 Å². The Hall–Kier alpha value is -0.680. The molecule has 1 aromatic rings. The molecule has 2 rings (SSSR count). The van der Waals surface area contributed by atoms with E-state index in [0.717, 1.165) is 11.0 Å². The quantitative estimate of drug-likeness (QED) is 0.793. The van der Waals surface area contributed by atoms with E-state index in [1.807, 2.05) is 0 Å². The second-order valence-electron chi connectivity index (χ2n) is 3.78. The molecule has 0 spiro atoms. The zero-order valence-corrected chi connectivity index (χ0v) is 8.96. The zero-order valence-electron chi connectivity index (χ0n) is 8.15. The van der Waals surface area contributed by atoms with E-state index in [-0.39, 0.29) is 0 Å². The lowest BCUT2D eigenvalue weighted by atomic mass is 9.98. The molecule has 78 valence electrons. The van der Waals surface area contributed by atoms with Gasteiger partial charge in [0.25, 0.3) is 0 Å². The van der Waals surface area contributed by atoms with Crippen LogP contribution in [0.15, 0.2) is 6.33 Å². The molecule has 1 aromatic heterocycles. The maximum Gasteiger partial charge on any atom is 0.202 e. The molecule has 1 atom stereocenters. The van der Waals surface area contributed by atoms with Crippen LogP contribution in [0.4, 0.5) is 5.13 Å². The summed E-state index contributed by atoms with van der Waals surface area (Å²) in [6.45, 7) is 0.685. The number of hydrogen-bond donors (Lipinski definition) is 2. The van der Waals surface area contributed by atoms with E-state index in [0.29, 0.717) is 12.6 Å². The Bertz CT molecular complexity index is 256. The average molecular weight is 212 g/mol. The molecule has 14 heavy (non-hydrogen) atoms. The lowest BCUT2D eigenvalue weighted by molar-refractivity contribution is 0.462. The van der Waals surface area contributed by atoms with Gasteiger partial charge in [0.15, 0.2) is 0 Å². The fraction of sp³-hybridized carbons (Fsp3) is 0.778. The van der Waals surface area contributed by atoms with Gasteiger partial charge in [0.05, 0.1) is 0 Å². The van der Waals surface area contributed by atoms with E-state index in [4.69, 9.17) is 5.73 Å². The lowest BCUT2D eigenvalue weighted by Gasteiger charge is -2.22. The average Bonchev–Trinajstić information content (AvgIpc) is 2.86. The first-order valence-corrected chi connectivity index (χ1v) is 5.91. The van der Waals surface area contributed by atoms with Crippen LogP contribution in [0.1, 0.15) is 25.7 Å². The molecule has 1 heterocycles. The van der Waals surface area contributed by atoms with Crippen molar-refractivity contribution in [3.63, 3.8) is 0 Å². The smallest absolute Gasteiger partial charge is 0.202 e. The van der Waals surface area contributed by atoms with Crippen LogP contribution in [0.3, 0.4) is 0 Å². The maximum absolute atomic E-state index is 5.76. The molecule has 0 amide bonds. The van der Waals surface area contributed by atoms with Gasteiger partial charge in [-0.2, -0.15) is 4.37 Å². The van der Waals surface area contributed by atoms with Crippen LogP contribution in [0.5, 0.6) is 0 Å². The number of hydrogen-bond acceptors (Lipinski definition) is 5. The highest BCUT2D eigenvalue weighted by molar-refractivity contribution is 7.09. The van der Waals surface area contributed by atoms with E-state index in [1.54, 1.807) is 6.33 Å². The minimum Gasteiger partial charge on any atom is -0.356 e. The van der Waals surface area contributed by atoms with Crippen LogP contribution in [0.2, 0.25) is 0 Å². The molecule has 0 aromatic carbocycles. The summed E-state index contributed by atoms with van der Waals surface area (Å²) >= 11 is 1.40. The van der Waals surface area contributed by atoms with Crippen LogP contribution in [-0.2, 0) is 0 Å². The van der Waals surface area contributed by atoms with E-state index in [2.05, 4.69) is 14.7 Å². The van der Waals surface area contributed by atoms with E-state index < -0.39 is 0 Å². The van der Waals surface area contributed by atoms with Crippen LogP contribution < -0.4 is 11.1 Å². The molecule has 5 heteroatoms. The topological polar surface area (TPSA) is 63.8 Å². The standard InChI is InChI=1S/C9H16N4S/c10-5-8(7-3-1-2-4-7)13-9-11-6-12-14-9/h6-8H,1-5,10H2,(H,11,12,13). The fourth-order valence-corrected chi connectivity index (χ4v) is 2.62. The number of nitrogens with one attached hydrogen (secondary N) is 1. The fourth-order valence-electron chi connectivity index (χ4n) is 2.12. The highest BCUT2D eigenvalue weighted by Crippen LogP contribution is 2.29. The van der Waals surface area contributed by atoms with Gasteiger partial charge < -0.3 is 11.1 Å². The van der Waals surface area contributed by atoms with Crippen molar-refractivity contribution in [1.29, 1.82) is 0 Å². The van der Waals surface area contributed by atoms with Gasteiger partial charge >= 0.3 is 0 Å². The zero-order chi connectivity index (χ0) is 9.80. The van der Waals surface area contributed by atoms with Crippen molar-refractivity contribution >= 4 is 16.7 Å². The van der Waals surface area contributed by atoms with Crippen molar-refractivity contribution < 1.29 is 0 Å². The molecule has 1 saturated carbocycles. The molecule has 0 saturated heterocycles. The lowest BCUT2D eigenvalue weighted by Crippen LogP contribution is -2.35. The van der Waals surface area contributed by atoms with Crippen molar-refractivity contribution in [1.82, 2.24) is 9.36 Å². The van der Waals surface area contributed by atoms with Crippen molar-refractivity contribution in [2.75, 3.05) is 11.9 Å². The molecule has 1 aliphatic carbocycles. The second kappa shape index (κ2) is 4.70. The molecule has 0 bridgehead atoms. The Labute approximate surface area is 88.1 Å². The van der Waals surface area contributed by atoms with Gasteiger partial charge in [-0.1, -0.05) is 12.8 Å². The van der Waals surface area contributed by atoms with Crippen molar-refractivity contribution in [3.8, 4) is 0 Å². The normalized spacial score (nSPS) is 19.8. The molecule has 0 aliphatic heterocycles. The van der Waals surface area contributed by atoms with Crippen molar-refractivity contribution in [2.24, 2.45) is 11.7 Å². The van der Waals surface area contributed by atoms with Crippen LogP contribution in [0.25, 0.3) is 0 Å². The molecular formula is C9H16N4S. The highest BCUT2D eigenvalue weighted by Gasteiger charge is 2.24. The van der Waals surface area contributed by atoms with E-state index >= 15 is 0 Å². The summed E-state index contributed by atoms with van der Waals surface area (Å²) in [4.78, 5) is 4.12. The van der Waals surface area contributed by atoms with Gasteiger partial charge in [-0.3, -0.25) is 0 Å². The third kappa shape index (κ3) is 2.22. The van der Waals surface area contributed by atoms with Crippen LogP contribution >= 0.6 is 11.5 Å². The molecule has 0 radical (unpaired) electrons. The van der Waals surface area contributed by atoms with Crippen molar-refractivity contribution in [3.05, 3.63) is 6.33 Å². The first-order chi connectivity index (χ1) is 6.90. The summed E-state index contributed by atoms with van der Waals surface area (Å²) in [5, 5.41) is 4.27. The molecule has 1 unspecified atom stereocenters. The van der Waals surface area contributed by atoms with Gasteiger partial charge in [0, 0.05) is 24.1 Å². The van der Waals surface area contributed by atoms with E-state index in [1.165, 1.54) is 37.2 Å². The molecule has 4 nitrogen and oxygen atoms in total. The van der Waals surface area contributed by atoms with Gasteiger partial charge in [-0.25, -0.2) is 4.98 Å². The Morgan fingerprint density at radius 2 is 2.36 bits per heavy atom. The van der Waals surface area contributed by atoms with Crippen molar-refractivity contribution in [2.45, 2.75) is 31.7 Å². The predicted octanol–water partition coefficient (Wildman–Crippen LogP) is 1.47. The molecule has 3 N–H and O–H groups in total. The van der Waals surface area contributed by atoms with Gasteiger partial charge in [-0.15, -0.1) is 0 Å². The van der Waals surface area contributed by atoms with Crippen LogP contribution in [0, 0.1) is 5.92 Å². The molecular weight excluding hydrogens is 196 g/mol. The Morgan fingerprint density at radius 3 is 2.93 bits per heavy atom. The number of anilines is 1. The third-order valence-electron chi connectivity index (χ3n) is 2.89. The predicted molar refractivity (Wildman–Crippen MR) is 58.3 cm³/mol. The largest absolute Gasteiger partial charge is 0.356 e. The number of rotatable bonds is 4. The Balaban J connectivity index is 1.92. The minimum atomic E-state index is 0.380. The highest BCUT2D eigenvalue weighted by atomic mass is 32.1. The second-order valence-corrected chi connectivity index (χ2v) is 4.56. The van der Waals surface area contributed by atoms with E-state index in [9.17, 15) is 0 Å². The summed E-state index contributed by atoms with van der Waals surface area (Å²) in [5.74, 6) is 0.726. The summed E-state index contributed by atoms with van der Waals surface area (Å²) in [5.41, 5.74) is 5.76. The molecule has 1 fully saturated rings. The van der Waals surface area contributed by atoms with Crippen LogP contribution in [-0.4, -0.2) is 21.9 Å². The Kier molecular flexibility index (Phi) is 3.31. The monoisotopic (exact) mass is 212 g/mol. The SMILES string of the molecule is NCC(Nc1ncns1)C1CCCC1. The summed E-state index contributed by atoms with van der Waals surface area (Å²) in [7, 11) is 0. The van der Waals surface area contributed by atoms with Gasteiger partial charge in [0.2, 0.25) is 5.13 Å². The first-order valence-electron chi connectivity index (χ1n) is 5.13. The first kappa shape index (κ1) is 9.86. The number of aromatic nitrogens is 2. The van der Waals surface area contributed by atoms with Gasteiger partial charge in [0.1, 0.15) is 6.33 Å². The number of nitrogens with two attached hydrogens (primary N) is 1. The third-order valence-corrected chi connectivity index (χ3v) is 3.49. The summed E-state index contributed by atoms with van der Waals surface area (Å²) in [6, 6.07) is 0.380. The Morgan fingerprint density at radius 1 is 1.57 bits per heavy atom. The maximum atomic E-state index is 5.76. The minimum absolute atomic E-state index is 0.380. The number of nitrogens with zero attached hydrogens (tertiary/aromatic N) is 2. The summed E-state index contributed by atoms with van der Waals surface area (Å²) in [6.07, 6.45) is 6.87. The summed E-state index contributed by atoms with van der Waals surface area (Å²) < 4.78 is 3.96.